The molecule has 0 radical (unpaired) electrons. The fraction of sp³-hybridized carbons (Fsp3) is 0.333. The van der Waals surface area contributed by atoms with E-state index in [-0.39, 0.29) is 17.3 Å². The lowest BCUT2D eigenvalue weighted by Gasteiger charge is -2.08. The molecular weight excluding hydrogens is 334 g/mol. The highest BCUT2D eigenvalue weighted by molar-refractivity contribution is 9.10. The molecule has 0 unspecified atom stereocenters. The van der Waals surface area contributed by atoms with E-state index in [1.54, 1.807) is 0 Å². The topological polar surface area (TPSA) is 36.7 Å². The predicted octanol–water partition coefficient (Wildman–Crippen LogP) is 3.74. The van der Waals surface area contributed by atoms with Crippen LogP contribution in [0.5, 0.6) is 0 Å². The van der Waals surface area contributed by atoms with E-state index in [1.165, 1.54) is 6.07 Å². The van der Waals surface area contributed by atoms with E-state index in [0.717, 1.165) is 0 Å². The zero-order chi connectivity index (χ0) is 11.4. The normalized spacial score (nSPS) is 10.4. The van der Waals surface area contributed by atoms with Crippen LogP contribution in [-0.2, 0) is 11.8 Å². The molecule has 1 aromatic rings. The van der Waals surface area contributed by atoms with E-state index in [1.807, 2.05) is 6.07 Å². The number of hydrogen-bond donors (Lipinski definition) is 0. The van der Waals surface area contributed by atoms with E-state index >= 15 is 0 Å². The SMILES string of the molecule is N#CCc1cc(C(F)F)c(CBr)nc1Br. The second-order valence-electron chi connectivity index (χ2n) is 2.74. The Hall–Kier alpha value is -0.540. The van der Waals surface area contributed by atoms with Gasteiger partial charge >= 0.3 is 0 Å². The average Bonchev–Trinajstić information content (AvgIpc) is 2.20. The summed E-state index contributed by atoms with van der Waals surface area (Å²) >= 11 is 6.24. The van der Waals surface area contributed by atoms with Gasteiger partial charge in [0.25, 0.3) is 6.43 Å². The first-order valence-corrected chi connectivity index (χ1v) is 5.90. The fourth-order valence-corrected chi connectivity index (χ4v) is 2.01. The van der Waals surface area contributed by atoms with Gasteiger partial charge in [0.15, 0.2) is 0 Å². The lowest BCUT2D eigenvalue weighted by atomic mass is 10.1. The third-order valence-corrected chi connectivity index (χ3v) is 3.01. The van der Waals surface area contributed by atoms with Gasteiger partial charge in [-0.25, -0.2) is 13.8 Å². The molecule has 0 fully saturated rings. The molecule has 0 bridgehead atoms. The van der Waals surface area contributed by atoms with Crippen LogP contribution >= 0.6 is 31.9 Å². The summed E-state index contributed by atoms with van der Waals surface area (Å²) < 4.78 is 25.7. The Morgan fingerprint density at radius 2 is 2.20 bits per heavy atom. The number of aromatic nitrogens is 1. The summed E-state index contributed by atoms with van der Waals surface area (Å²) in [6, 6.07) is 3.22. The van der Waals surface area contributed by atoms with Crippen LogP contribution in [0.3, 0.4) is 0 Å². The van der Waals surface area contributed by atoms with E-state index in [0.29, 0.717) is 15.9 Å². The predicted molar refractivity (Wildman–Crippen MR) is 58.8 cm³/mol. The van der Waals surface area contributed by atoms with Crippen LogP contribution in [0.25, 0.3) is 0 Å². The van der Waals surface area contributed by atoms with Crippen molar-refractivity contribution < 1.29 is 8.78 Å². The summed E-state index contributed by atoms with van der Waals surface area (Å²) in [5, 5.41) is 8.77. The summed E-state index contributed by atoms with van der Waals surface area (Å²) in [4.78, 5) is 3.97. The highest BCUT2D eigenvalue weighted by Gasteiger charge is 2.16. The molecule has 0 saturated heterocycles. The maximum atomic E-state index is 12.6. The Bertz CT molecular complexity index is 402. The Labute approximate surface area is 103 Å². The quantitative estimate of drug-likeness (QED) is 0.621. The molecule has 0 atom stereocenters. The number of halogens is 4. The maximum absolute atomic E-state index is 12.6. The molecule has 0 aromatic carbocycles. The molecule has 1 aromatic heterocycles. The molecule has 0 amide bonds. The lowest BCUT2D eigenvalue weighted by molar-refractivity contribution is 0.150. The standard InChI is InChI=1S/C9H6Br2F2N2/c10-4-7-6(9(12)13)3-5(1-2-14)8(11)15-7/h3,9H,1,4H2. The van der Waals surface area contributed by atoms with E-state index in [9.17, 15) is 8.78 Å². The van der Waals surface area contributed by atoms with Gasteiger partial charge in [0.1, 0.15) is 4.60 Å². The monoisotopic (exact) mass is 338 g/mol. The highest BCUT2D eigenvalue weighted by Crippen LogP contribution is 2.27. The van der Waals surface area contributed by atoms with Crippen molar-refractivity contribution >= 4 is 31.9 Å². The third-order valence-electron chi connectivity index (χ3n) is 1.79. The minimum absolute atomic E-state index is 0.0653. The van der Waals surface area contributed by atoms with Crippen molar-refractivity contribution in [2.24, 2.45) is 0 Å². The largest absolute Gasteiger partial charge is 0.265 e. The van der Waals surface area contributed by atoms with Crippen molar-refractivity contribution in [1.82, 2.24) is 4.98 Å². The first-order valence-electron chi connectivity index (χ1n) is 3.99. The molecular formula is C9H6Br2F2N2. The van der Waals surface area contributed by atoms with Crippen LogP contribution in [-0.4, -0.2) is 4.98 Å². The molecule has 0 spiro atoms. The number of rotatable bonds is 3. The van der Waals surface area contributed by atoms with Crippen LogP contribution < -0.4 is 0 Å². The number of nitriles is 1. The van der Waals surface area contributed by atoms with Gasteiger partial charge in [0.05, 0.1) is 18.2 Å². The van der Waals surface area contributed by atoms with Crippen LogP contribution in [0.2, 0.25) is 0 Å². The molecule has 6 heteroatoms. The van der Waals surface area contributed by atoms with Crippen LogP contribution in [0.1, 0.15) is 23.2 Å². The summed E-state index contributed by atoms with van der Waals surface area (Å²) in [6.07, 6.45) is -2.51. The van der Waals surface area contributed by atoms with E-state index in [4.69, 9.17) is 5.26 Å². The minimum atomic E-state index is -2.57. The van der Waals surface area contributed by atoms with Crippen molar-refractivity contribution in [2.45, 2.75) is 18.2 Å². The average molecular weight is 340 g/mol. The first kappa shape index (κ1) is 12.5. The number of nitrogens with zero attached hydrogens (tertiary/aromatic N) is 2. The van der Waals surface area contributed by atoms with Gasteiger partial charge in [0, 0.05) is 10.9 Å². The van der Waals surface area contributed by atoms with Crippen LogP contribution in [0.4, 0.5) is 8.78 Å². The summed E-state index contributed by atoms with van der Waals surface area (Å²) in [5.41, 5.74) is 0.649. The minimum Gasteiger partial charge on any atom is -0.244 e. The summed E-state index contributed by atoms with van der Waals surface area (Å²) in [7, 11) is 0. The second-order valence-corrected chi connectivity index (χ2v) is 4.06. The van der Waals surface area contributed by atoms with Crippen LogP contribution in [0.15, 0.2) is 10.7 Å². The van der Waals surface area contributed by atoms with Crippen molar-refractivity contribution in [2.75, 3.05) is 0 Å². The van der Waals surface area contributed by atoms with Crippen molar-refractivity contribution in [3.8, 4) is 6.07 Å². The van der Waals surface area contributed by atoms with Crippen molar-refractivity contribution in [3.05, 3.63) is 27.5 Å². The Kier molecular flexibility index (Phi) is 4.61. The zero-order valence-corrected chi connectivity index (χ0v) is 10.6. The Morgan fingerprint density at radius 3 is 2.67 bits per heavy atom. The van der Waals surface area contributed by atoms with Gasteiger partial charge < -0.3 is 0 Å². The smallest absolute Gasteiger partial charge is 0.244 e. The van der Waals surface area contributed by atoms with E-state index in [2.05, 4.69) is 36.8 Å². The van der Waals surface area contributed by atoms with Gasteiger partial charge in [-0.3, -0.25) is 0 Å². The Balaban J connectivity index is 3.25. The summed E-state index contributed by atoms with van der Waals surface area (Å²) in [5.74, 6) is 0. The molecule has 0 aliphatic rings. The fourth-order valence-electron chi connectivity index (χ4n) is 1.09. The van der Waals surface area contributed by atoms with Gasteiger partial charge in [-0.15, -0.1) is 0 Å². The van der Waals surface area contributed by atoms with Gasteiger partial charge in [-0.1, -0.05) is 15.9 Å². The molecule has 1 rings (SSSR count). The van der Waals surface area contributed by atoms with Gasteiger partial charge in [-0.05, 0) is 27.6 Å². The third kappa shape index (κ3) is 2.95. The zero-order valence-electron chi connectivity index (χ0n) is 7.48. The second kappa shape index (κ2) is 5.52. The number of hydrogen-bond acceptors (Lipinski definition) is 2. The van der Waals surface area contributed by atoms with Crippen molar-refractivity contribution in [3.63, 3.8) is 0 Å². The van der Waals surface area contributed by atoms with Gasteiger partial charge in [0.2, 0.25) is 0 Å². The lowest BCUT2D eigenvalue weighted by Crippen LogP contribution is -2.00. The number of pyridine rings is 1. The molecule has 0 aliphatic carbocycles. The molecule has 0 saturated carbocycles. The maximum Gasteiger partial charge on any atom is 0.265 e. The van der Waals surface area contributed by atoms with Crippen LogP contribution in [0, 0.1) is 11.3 Å². The summed E-state index contributed by atoms with van der Waals surface area (Å²) in [6.45, 7) is 0. The van der Waals surface area contributed by atoms with Gasteiger partial charge in [-0.2, -0.15) is 5.26 Å². The molecule has 2 nitrogen and oxygen atoms in total. The molecule has 0 aliphatic heterocycles. The molecule has 0 N–H and O–H groups in total. The molecule has 80 valence electrons. The Morgan fingerprint density at radius 1 is 1.53 bits per heavy atom. The van der Waals surface area contributed by atoms with E-state index < -0.39 is 6.43 Å². The molecule has 15 heavy (non-hydrogen) atoms. The van der Waals surface area contributed by atoms with Crippen molar-refractivity contribution in [1.29, 1.82) is 5.26 Å². The number of alkyl halides is 3. The first-order chi connectivity index (χ1) is 7.10. The molecule has 1 heterocycles. The highest BCUT2D eigenvalue weighted by atomic mass is 79.9.